The first-order valence-corrected chi connectivity index (χ1v) is 5.65. The van der Waals surface area contributed by atoms with E-state index in [0.29, 0.717) is 0 Å². The van der Waals surface area contributed by atoms with Crippen molar-refractivity contribution in [2.75, 3.05) is 0 Å². The second-order valence-electron chi connectivity index (χ2n) is 6.63. The number of carbonyl (C=O) groups is 2. The predicted molar refractivity (Wildman–Crippen MR) is 62.8 cm³/mol. The lowest BCUT2D eigenvalue weighted by Crippen LogP contribution is -2.69. The predicted octanol–water partition coefficient (Wildman–Crippen LogP) is 1.06. The van der Waals surface area contributed by atoms with E-state index >= 15 is 0 Å². The van der Waals surface area contributed by atoms with E-state index in [9.17, 15) is 9.59 Å². The van der Waals surface area contributed by atoms with Gasteiger partial charge in [0.15, 0.2) is 0 Å². The summed E-state index contributed by atoms with van der Waals surface area (Å²) in [7, 11) is 0. The normalized spacial score (nSPS) is 27.4. The fourth-order valence-electron chi connectivity index (χ4n) is 2.01. The van der Waals surface area contributed by atoms with Crippen LogP contribution in [0.3, 0.4) is 0 Å². The monoisotopic (exact) mass is 226 g/mol. The van der Waals surface area contributed by atoms with Gasteiger partial charge in [-0.3, -0.25) is 9.59 Å². The smallest absolute Gasteiger partial charge is 0.309 e. The summed E-state index contributed by atoms with van der Waals surface area (Å²) in [6.45, 7) is 12.4. The minimum absolute atomic E-state index is 0.0438. The molecule has 4 heteroatoms. The first-order chi connectivity index (χ1) is 7.03. The van der Waals surface area contributed by atoms with Crippen molar-refractivity contribution >= 4 is 11.8 Å². The van der Waals surface area contributed by atoms with Crippen molar-refractivity contribution in [1.29, 1.82) is 0 Å². The molecular weight excluding hydrogens is 204 g/mol. The van der Waals surface area contributed by atoms with Crippen molar-refractivity contribution in [3.63, 3.8) is 0 Å². The minimum Gasteiger partial charge on any atom is -0.342 e. The van der Waals surface area contributed by atoms with Crippen molar-refractivity contribution in [1.82, 2.24) is 10.6 Å². The van der Waals surface area contributed by atoms with Crippen LogP contribution in [0.25, 0.3) is 0 Å². The van der Waals surface area contributed by atoms with E-state index in [1.165, 1.54) is 0 Å². The van der Waals surface area contributed by atoms with Crippen molar-refractivity contribution < 1.29 is 9.59 Å². The summed E-state index contributed by atoms with van der Waals surface area (Å²) >= 11 is 0. The summed E-state index contributed by atoms with van der Waals surface area (Å²) in [6.07, 6.45) is 0. The van der Waals surface area contributed by atoms with Gasteiger partial charge < -0.3 is 10.6 Å². The van der Waals surface area contributed by atoms with Gasteiger partial charge in [0, 0.05) is 0 Å². The molecule has 1 fully saturated rings. The highest BCUT2D eigenvalue weighted by Gasteiger charge is 2.45. The molecule has 0 aromatic carbocycles. The van der Waals surface area contributed by atoms with Crippen LogP contribution in [0.2, 0.25) is 0 Å². The van der Waals surface area contributed by atoms with Crippen LogP contribution in [0.4, 0.5) is 0 Å². The third-order valence-electron chi connectivity index (χ3n) is 2.98. The van der Waals surface area contributed by atoms with Gasteiger partial charge in [0.2, 0.25) is 0 Å². The second-order valence-corrected chi connectivity index (χ2v) is 6.63. The topological polar surface area (TPSA) is 58.2 Å². The third kappa shape index (κ3) is 2.54. The quantitative estimate of drug-likeness (QED) is 0.607. The van der Waals surface area contributed by atoms with Gasteiger partial charge in [0.25, 0.3) is 0 Å². The molecule has 1 saturated heterocycles. The fourth-order valence-corrected chi connectivity index (χ4v) is 2.01. The molecule has 2 N–H and O–H groups in total. The maximum absolute atomic E-state index is 11.4. The Morgan fingerprint density at radius 3 is 1.19 bits per heavy atom. The van der Waals surface area contributed by atoms with Crippen molar-refractivity contribution in [3.8, 4) is 0 Å². The van der Waals surface area contributed by atoms with Gasteiger partial charge in [-0.1, -0.05) is 41.5 Å². The van der Waals surface area contributed by atoms with Crippen molar-refractivity contribution in [3.05, 3.63) is 0 Å². The lowest BCUT2D eigenvalue weighted by molar-refractivity contribution is -0.144. The maximum Gasteiger partial charge on any atom is 0.309 e. The molecule has 0 radical (unpaired) electrons. The Bertz CT molecular complexity index is 278. The second kappa shape index (κ2) is 3.75. The van der Waals surface area contributed by atoms with Crippen LogP contribution in [0.1, 0.15) is 41.5 Å². The molecule has 1 aliphatic rings. The Kier molecular flexibility index (Phi) is 3.05. The zero-order chi connectivity index (χ0) is 12.7. The van der Waals surface area contributed by atoms with Gasteiger partial charge in [-0.05, 0) is 10.8 Å². The summed E-state index contributed by atoms with van der Waals surface area (Å²) in [5.41, 5.74) is -0.164. The van der Waals surface area contributed by atoms with Gasteiger partial charge in [0.1, 0.15) is 0 Å². The molecule has 2 unspecified atom stereocenters. The summed E-state index contributed by atoms with van der Waals surface area (Å²) in [4.78, 5) is 22.8. The highest BCUT2D eigenvalue weighted by Crippen LogP contribution is 2.32. The molecule has 0 saturated carbocycles. The first-order valence-electron chi connectivity index (χ1n) is 5.65. The van der Waals surface area contributed by atoms with Crippen LogP contribution < -0.4 is 10.6 Å². The molecule has 92 valence electrons. The largest absolute Gasteiger partial charge is 0.342 e. The summed E-state index contributed by atoms with van der Waals surface area (Å²) < 4.78 is 0. The van der Waals surface area contributed by atoms with Gasteiger partial charge >= 0.3 is 11.8 Å². The van der Waals surface area contributed by atoms with Crippen LogP contribution in [0.15, 0.2) is 0 Å². The summed E-state index contributed by atoms with van der Waals surface area (Å²) in [5.74, 6) is -1.05. The molecule has 4 nitrogen and oxygen atoms in total. The Balaban J connectivity index is 3.02. The Hall–Kier alpha value is -1.06. The standard InChI is InChI=1S/C12H22N2O2/c1-11(2,3)7-8(12(4,5)6)14-10(16)9(15)13-7/h7-8H,1-6H3,(H,13,15)(H,14,16). The number of piperazine rings is 1. The summed E-state index contributed by atoms with van der Waals surface area (Å²) in [5, 5.41) is 5.62. The zero-order valence-corrected chi connectivity index (χ0v) is 11.0. The Morgan fingerprint density at radius 1 is 0.750 bits per heavy atom. The molecule has 2 amide bonds. The number of hydrogen-bond donors (Lipinski definition) is 2. The third-order valence-corrected chi connectivity index (χ3v) is 2.98. The molecule has 1 heterocycles. The number of rotatable bonds is 0. The van der Waals surface area contributed by atoms with Crippen molar-refractivity contribution in [2.45, 2.75) is 53.6 Å². The van der Waals surface area contributed by atoms with Crippen LogP contribution in [0.5, 0.6) is 0 Å². The number of nitrogens with one attached hydrogen (secondary N) is 2. The highest BCUT2D eigenvalue weighted by molar-refractivity contribution is 6.35. The molecule has 0 bridgehead atoms. The molecule has 1 aliphatic heterocycles. The molecule has 0 spiro atoms. The maximum atomic E-state index is 11.4. The Morgan fingerprint density at radius 2 is 1.00 bits per heavy atom. The van der Waals surface area contributed by atoms with Gasteiger partial charge in [-0.25, -0.2) is 0 Å². The lowest BCUT2D eigenvalue weighted by Gasteiger charge is -2.46. The van der Waals surface area contributed by atoms with E-state index in [1.807, 2.05) is 0 Å². The molecule has 2 atom stereocenters. The highest BCUT2D eigenvalue weighted by atomic mass is 16.2. The van der Waals surface area contributed by atoms with E-state index in [1.54, 1.807) is 0 Å². The molecule has 16 heavy (non-hydrogen) atoms. The van der Waals surface area contributed by atoms with Crippen LogP contribution in [-0.4, -0.2) is 23.9 Å². The van der Waals surface area contributed by atoms with E-state index in [-0.39, 0.29) is 22.9 Å². The van der Waals surface area contributed by atoms with E-state index in [2.05, 4.69) is 52.2 Å². The average Bonchev–Trinajstić information content (AvgIpc) is 2.05. The van der Waals surface area contributed by atoms with E-state index in [0.717, 1.165) is 0 Å². The minimum atomic E-state index is -0.527. The fraction of sp³-hybridized carbons (Fsp3) is 0.833. The number of hydrogen-bond acceptors (Lipinski definition) is 2. The van der Waals surface area contributed by atoms with E-state index < -0.39 is 11.8 Å². The van der Waals surface area contributed by atoms with E-state index in [4.69, 9.17) is 0 Å². The first kappa shape index (κ1) is 13.0. The van der Waals surface area contributed by atoms with Crippen LogP contribution in [-0.2, 0) is 9.59 Å². The Labute approximate surface area is 97.2 Å². The number of amides is 2. The van der Waals surface area contributed by atoms with Gasteiger partial charge in [-0.2, -0.15) is 0 Å². The summed E-state index contributed by atoms with van der Waals surface area (Å²) in [6, 6.07) is -0.0876. The SMILES string of the molecule is CC(C)(C)C1NC(=O)C(=O)NC1C(C)(C)C. The zero-order valence-electron chi connectivity index (χ0n) is 11.0. The average molecular weight is 226 g/mol. The van der Waals surface area contributed by atoms with Crippen molar-refractivity contribution in [2.24, 2.45) is 10.8 Å². The molecule has 1 rings (SSSR count). The number of carbonyl (C=O) groups excluding carboxylic acids is 2. The van der Waals surface area contributed by atoms with Gasteiger partial charge in [-0.15, -0.1) is 0 Å². The molecular formula is C12H22N2O2. The van der Waals surface area contributed by atoms with Gasteiger partial charge in [0.05, 0.1) is 12.1 Å². The lowest BCUT2D eigenvalue weighted by atomic mass is 9.72. The van der Waals surface area contributed by atoms with Crippen LogP contribution >= 0.6 is 0 Å². The molecule has 0 aromatic heterocycles. The molecule has 0 aliphatic carbocycles. The van der Waals surface area contributed by atoms with Crippen LogP contribution in [0, 0.1) is 10.8 Å². The molecule has 0 aromatic rings.